The van der Waals surface area contributed by atoms with Crippen molar-refractivity contribution in [2.45, 2.75) is 12.8 Å². The first-order valence-corrected chi connectivity index (χ1v) is 6.09. The Kier molecular flexibility index (Phi) is 4.44. The highest BCUT2D eigenvalue weighted by Gasteiger charge is 2.00. The van der Waals surface area contributed by atoms with Crippen LogP contribution in [0.15, 0.2) is 42.7 Å². The Hall–Kier alpha value is -2.43. The van der Waals surface area contributed by atoms with Gasteiger partial charge in [-0.3, -0.25) is 4.79 Å². The fraction of sp³-hybridized carbons (Fsp3) is 0.214. The maximum atomic E-state index is 10.4. The zero-order chi connectivity index (χ0) is 13.5. The van der Waals surface area contributed by atoms with E-state index in [9.17, 15) is 4.79 Å². The van der Waals surface area contributed by atoms with Crippen molar-refractivity contribution in [2.24, 2.45) is 0 Å². The molecule has 2 rings (SSSR count). The van der Waals surface area contributed by atoms with E-state index >= 15 is 0 Å². The van der Waals surface area contributed by atoms with Crippen LogP contribution in [-0.2, 0) is 4.79 Å². The third kappa shape index (κ3) is 4.06. The largest absolute Gasteiger partial charge is 0.481 e. The molecule has 1 aromatic carbocycles. The van der Waals surface area contributed by atoms with E-state index < -0.39 is 5.97 Å². The van der Waals surface area contributed by atoms with Gasteiger partial charge in [-0.25, -0.2) is 9.97 Å². The monoisotopic (exact) mass is 257 g/mol. The van der Waals surface area contributed by atoms with Crippen LogP contribution in [0.5, 0.6) is 0 Å². The zero-order valence-electron chi connectivity index (χ0n) is 10.4. The van der Waals surface area contributed by atoms with Crippen LogP contribution < -0.4 is 5.32 Å². The van der Waals surface area contributed by atoms with Crippen molar-refractivity contribution in [2.75, 3.05) is 11.9 Å². The van der Waals surface area contributed by atoms with Crippen LogP contribution in [0.25, 0.3) is 11.1 Å². The number of nitrogens with zero attached hydrogens (tertiary/aromatic N) is 2. The highest BCUT2D eigenvalue weighted by atomic mass is 16.4. The maximum Gasteiger partial charge on any atom is 0.303 e. The molecule has 0 saturated heterocycles. The summed E-state index contributed by atoms with van der Waals surface area (Å²) in [4.78, 5) is 18.8. The smallest absolute Gasteiger partial charge is 0.303 e. The first kappa shape index (κ1) is 13.0. The first-order valence-electron chi connectivity index (χ1n) is 6.09. The van der Waals surface area contributed by atoms with E-state index in [4.69, 9.17) is 5.11 Å². The Bertz CT molecular complexity index is 526. The number of benzene rings is 1. The molecule has 1 heterocycles. The molecule has 0 saturated carbocycles. The van der Waals surface area contributed by atoms with E-state index in [1.807, 2.05) is 30.3 Å². The minimum absolute atomic E-state index is 0.148. The van der Waals surface area contributed by atoms with Crippen molar-refractivity contribution in [3.05, 3.63) is 42.7 Å². The fourth-order valence-electron chi connectivity index (χ4n) is 1.64. The highest BCUT2D eigenvalue weighted by Crippen LogP contribution is 2.17. The minimum Gasteiger partial charge on any atom is -0.481 e. The molecular formula is C14H15N3O2. The molecule has 0 bridgehead atoms. The van der Waals surface area contributed by atoms with Crippen molar-refractivity contribution in [1.29, 1.82) is 0 Å². The molecule has 0 aliphatic carbocycles. The lowest BCUT2D eigenvalue weighted by Crippen LogP contribution is -2.07. The molecule has 1 aromatic heterocycles. The Morgan fingerprint density at radius 3 is 2.42 bits per heavy atom. The van der Waals surface area contributed by atoms with Gasteiger partial charge in [0.25, 0.3) is 0 Å². The number of hydrogen-bond acceptors (Lipinski definition) is 4. The predicted octanol–water partition coefficient (Wildman–Crippen LogP) is 2.42. The second-order valence-electron chi connectivity index (χ2n) is 4.09. The van der Waals surface area contributed by atoms with Gasteiger partial charge in [0.2, 0.25) is 5.95 Å². The van der Waals surface area contributed by atoms with E-state index in [0.29, 0.717) is 18.9 Å². The van der Waals surface area contributed by atoms with E-state index in [1.165, 1.54) is 0 Å². The molecule has 0 spiro atoms. The third-order valence-electron chi connectivity index (χ3n) is 2.61. The topological polar surface area (TPSA) is 75.1 Å². The lowest BCUT2D eigenvalue weighted by atomic mass is 10.1. The number of carboxylic acids is 1. The maximum absolute atomic E-state index is 10.4. The lowest BCUT2D eigenvalue weighted by molar-refractivity contribution is -0.137. The summed E-state index contributed by atoms with van der Waals surface area (Å²) in [7, 11) is 0. The van der Waals surface area contributed by atoms with Crippen LogP contribution in [0, 0.1) is 0 Å². The molecular weight excluding hydrogens is 242 g/mol. The summed E-state index contributed by atoms with van der Waals surface area (Å²) in [6.45, 7) is 0.553. The van der Waals surface area contributed by atoms with Crippen molar-refractivity contribution in [3.8, 4) is 11.1 Å². The molecule has 5 heteroatoms. The van der Waals surface area contributed by atoms with Gasteiger partial charge in [-0.1, -0.05) is 30.3 Å². The lowest BCUT2D eigenvalue weighted by Gasteiger charge is -2.04. The molecule has 0 atom stereocenters. The molecule has 0 radical (unpaired) electrons. The summed E-state index contributed by atoms with van der Waals surface area (Å²) in [5.41, 5.74) is 2.02. The number of rotatable bonds is 6. The quantitative estimate of drug-likeness (QED) is 0.777. The van der Waals surface area contributed by atoms with Crippen LogP contribution >= 0.6 is 0 Å². The van der Waals surface area contributed by atoms with E-state index in [0.717, 1.165) is 11.1 Å². The van der Waals surface area contributed by atoms with Crippen LogP contribution in [0.2, 0.25) is 0 Å². The Balaban J connectivity index is 1.90. The number of aliphatic carboxylic acids is 1. The van der Waals surface area contributed by atoms with Gasteiger partial charge in [0.05, 0.1) is 0 Å². The van der Waals surface area contributed by atoms with Gasteiger partial charge in [-0.15, -0.1) is 0 Å². The second-order valence-corrected chi connectivity index (χ2v) is 4.09. The number of aromatic nitrogens is 2. The number of anilines is 1. The van der Waals surface area contributed by atoms with Gasteiger partial charge in [-0.2, -0.15) is 0 Å². The van der Waals surface area contributed by atoms with Gasteiger partial charge < -0.3 is 10.4 Å². The van der Waals surface area contributed by atoms with E-state index in [-0.39, 0.29) is 6.42 Å². The van der Waals surface area contributed by atoms with Crippen LogP contribution in [0.4, 0.5) is 5.95 Å². The third-order valence-corrected chi connectivity index (χ3v) is 2.61. The highest BCUT2D eigenvalue weighted by molar-refractivity contribution is 5.66. The average molecular weight is 257 g/mol. The van der Waals surface area contributed by atoms with Crippen LogP contribution in [-0.4, -0.2) is 27.6 Å². The Morgan fingerprint density at radius 1 is 1.11 bits per heavy atom. The fourth-order valence-corrected chi connectivity index (χ4v) is 1.64. The molecule has 0 amide bonds. The summed E-state index contributed by atoms with van der Waals surface area (Å²) >= 11 is 0. The van der Waals surface area contributed by atoms with Crippen LogP contribution in [0.3, 0.4) is 0 Å². The van der Waals surface area contributed by atoms with Gasteiger partial charge in [-0.05, 0) is 12.0 Å². The molecule has 2 N–H and O–H groups in total. The molecule has 0 fully saturated rings. The summed E-state index contributed by atoms with van der Waals surface area (Å²) in [6.07, 6.45) is 4.21. The van der Waals surface area contributed by atoms with Crippen LogP contribution in [0.1, 0.15) is 12.8 Å². The SMILES string of the molecule is O=C(O)CCCNc1ncc(-c2ccccc2)cn1. The molecule has 5 nitrogen and oxygen atoms in total. The summed E-state index contributed by atoms with van der Waals surface area (Å²) in [5.74, 6) is -0.271. The minimum atomic E-state index is -0.790. The predicted molar refractivity (Wildman–Crippen MR) is 72.8 cm³/mol. The van der Waals surface area contributed by atoms with Crippen molar-refractivity contribution < 1.29 is 9.90 Å². The van der Waals surface area contributed by atoms with Gasteiger partial charge >= 0.3 is 5.97 Å². The Labute approximate surface area is 111 Å². The Morgan fingerprint density at radius 2 is 1.79 bits per heavy atom. The summed E-state index contributed by atoms with van der Waals surface area (Å²) < 4.78 is 0. The van der Waals surface area contributed by atoms with E-state index in [1.54, 1.807) is 12.4 Å². The molecule has 0 aliphatic rings. The number of hydrogen-bond donors (Lipinski definition) is 2. The van der Waals surface area contributed by atoms with Gasteiger partial charge in [0.15, 0.2) is 0 Å². The number of carboxylic acid groups (broad SMARTS) is 1. The molecule has 19 heavy (non-hydrogen) atoms. The van der Waals surface area contributed by atoms with E-state index in [2.05, 4.69) is 15.3 Å². The number of nitrogens with one attached hydrogen (secondary N) is 1. The second kappa shape index (κ2) is 6.49. The zero-order valence-corrected chi connectivity index (χ0v) is 10.4. The average Bonchev–Trinajstić information content (AvgIpc) is 2.45. The number of carbonyl (C=O) groups is 1. The molecule has 2 aromatic rings. The van der Waals surface area contributed by atoms with Crippen molar-refractivity contribution in [3.63, 3.8) is 0 Å². The normalized spacial score (nSPS) is 10.1. The first-order chi connectivity index (χ1) is 9.25. The molecule has 0 aliphatic heterocycles. The van der Waals surface area contributed by atoms with Gasteiger partial charge in [0.1, 0.15) is 0 Å². The van der Waals surface area contributed by atoms with Crippen molar-refractivity contribution in [1.82, 2.24) is 9.97 Å². The summed E-state index contributed by atoms with van der Waals surface area (Å²) in [5, 5.41) is 11.5. The molecule has 0 unspecified atom stereocenters. The van der Waals surface area contributed by atoms with Crippen molar-refractivity contribution >= 4 is 11.9 Å². The summed E-state index contributed by atoms with van der Waals surface area (Å²) in [6, 6.07) is 9.89. The standard InChI is InChI=1S/C14H15N3O2/c18-13(19)7-4-8-15-14-16-9-12(10-17-14)11-5-2-1-3-6-11/h1-3,5-6,9-10H,4,7-8H2,(H,18,19)(H,15,16,17). The molecule has 98 valence electrons. The van der Waals surface area contributed by atoms with Gasteiger partial charge in [0, 0.05) is 30.9 Å².